The number of hydrogen-bond acceptors (Lipinski definition) is 2. The summed E-state index contributed by atoms with van der Waals surface area (Å²) in [5.74, 6) is 1.32. The van der Waals surface area contributed by atoms with Crippen LogP contribution in [0.3, 0.4) is 0 Å². The van der Waals surface area contributed by atoms with Crippen LogP contribution in [0.25, 0.3) is 0 Å². The highest BCUT2D eigenvalue weighted by atomic mass is 32.5. The van der Waals surface area contributed by atoms with Gasteiger partial charge in [-0.1, -0.05) is 49.3 Å². The largest absolute Gasteiger partial charge is 0.345 e. The van der Waals surface area contributed by atoms with Crippen LogP contribution in [0, 0.1) is 18.1 Å². The van der Waals surface area contributed by atoms with Gasteiger partial charge in [-0.3, -0.25) is 4.72 Å². The standard InChI is InChI=1S/C15H12F5NO2S2/c1-12-6-8-14(9-7-12)24(22,23)21-15-5-3-2-4-13(15)10-11-25(16,17,18,19)20/h2-9,21H,1H3. The highest BCUT2D eigenvalue weighted by Crippen LogP contribution is 2.97. The van der Waals surface area contributed by atoms with E-state index in [0.717, 1.165) is 17.7 Å². The number of aryl methyl sites for hydroxylation is 1. The van der Waals surface area contributed by atoms with E-state index in [2.05, 4.69) is 4.72 Å². The van der Waals surface area contributed by atoms with Gasteiger partial charge < -0.3 is 0 Å². The maximum Gasteiger partial charge on any atom is 0.345 e. The molecule has 0 aliphatic heterocycles. The number of sulfonamides is 1. The Labute approximate surface area is 141 Å². The molecule has 0 spiro atoms. The molecule has 0 saturated heterocycles. The van der Waals surface area contributed by atoms with Crippen LogP contribution < -0.4 is 4.72 Å². The van der Waals surface area contributed by atoms with E-state index >= 15 is 0 Å². The van der Waals surface area contributed by atoms with E-state index in [1.165, 1.54) is 42.3 Å². The topological polar surface area (TPSA) is 46.2 Å². The molecule has 2 rings (SSSR count). The molecule has 2 aromatic rings. The van der Waals surface area contributed by atoms with Gasteiger partial charge in [0.1, 0.15) is 0 Å². The van der Waals surface area contributed by atoms with Crippen molar-refractivity contribution >= 4 is 25.9 Å². The van der Waals surface area contributed by atoms with E-state index in [9.17, 15) is 27.8 Å². The molecular weight excluding hydrogens is 385 g/mol. The molecule has 2 aromatic carbocycles. The number of benzene rings is 2. The molecule has 136 valence electrons. The monoisotopic (exact) mass is 397 g/mol. The summed E-state index contributed by atoms with van der Waals surface area (Å²) >= 11 is 0. The highest BCUT2D eigenvalue weighted by Gasteiger charge is 2.62. The van der Waals surface area contributed by atoms with E-state index in [4.69, 9.17) is 0 Å². The van der Waals surface area contributed by atoms with E-state index in [0.29, 0.717) is 0 Å². The number of nitrogens with one attached hydrogen (secondary N) is 1. The molecule has 0 heterocycles. The van der Waals surface area contributed by atoms with Crippen molar-refractivity contribution in [2.75, 3.05) is 4.72 Å². The summed E-state index contributed by atoms with van der Waals surface area (Å²) in [6.07, 6.45) is 0. The molecule has 25 heavy (non-hydrogen) atoms. The molecule has 10 heteroatoms. The fraction of sp³-hybridized carbons (Fsp3) is 0.0667. The Morgan fingerprint density at radius 3 is 2.04 bits per heavy atom. The van der Waals surface area contributed by atoms with E-state index in [1.54, 1.807) is 6.92 Å². The second-order valence-corrected chi connectivity index (χ2v) is 8.98. The molecule has 0 aliphatic carbocycles. The molecule has 0 aliphatic rings. The van der Waals surface area contributed by atoms with Crippen LogP contribution in [-0.4, -0.2) is 8.42 Å². The molecule has 0 saturated carbocycles. The first-order chi connectivity index (χ1) is 11.1. The Bertz CT molecular complexity index is 973. The van der Waals surface area contributed by atoms with Crippen molar-refractivity contribution in [2.45, 2.75) is 11.8 Å². The van der Waals surface area contributed by atoms with Crippen molar-refractivity contribution in [3.63, 3.8) is 0 Å². The third kappa shape index (κ3) is 5.95. The molecule has 0 amide bonds. The van der Waals surface area contributed by atoms with Crippen molar-refractivity contribution in [3.8, 4) is 11.2 Å². The Balaban J connectivity index is 2.43. The quantitative estimate of drug-likeness (QED) is 0.557. The van der Waals surface area contributed by atoms with Crippen LogP contribution in [-0.2, 0) is 10.0 Å². The molecule has 0 atom stereocenters. The van der Waals surface area contributed by atoms with Crippen LogP contribution in [0.5, 0.6) is 0 Å². The average molecular weight is 397 g/mol. The summed E-state index contributed by atoms with van der Waals surface area (Å²) < 4.78 is 88.4. The van der Waals surface area contributed by atoms with E-state index < -0.39 is 25.8 Å². The zero-order valence-corrected chi connectivity index (χ0v) is 14.3. The van der Waals surface area contributed by atoms with Crippen molar-refractivity contribution in [1.29, 1.82) is 0 Å². The Morgan fingerprint density at radius 1 is 0.920 bits per heavy atom. The van der Waals surface area contributed by atoms with Gasteiger partial charge in [0, 0.05) is 5.56 Å². The third-order valence-electron chi connectivity index (χ3n) is 2.88. The maximum atomic E-state index is 12.4. The summed E-state index contributed by atoms with van der Waals surface area (Å²) in [5, 5.41) is 0.0642. The number of halogens is 5. The first-order valence-electron chi connectivity index (χ1n) is 6.62. The Kier molecular flexibility index (Phi) is 4.10. The molecule has 3 nitrogen and oxygen atoms in total. The summed E-state index contributed by atoms with van der Waals surface area (Å²) in [6, 6.07) is 10.4. The fourth-order valence-electron chi connectivity index (χ4n) is 1.75. The number of para-hydroxylation sites is 1. The number of rotatable bonds is 3. The second-order valence-electron chi connectivity index (χ2n) is 5.16. The predicted octanol–water partition coefficient (Wildman–Crippen LogP) is 5.40. The Morgan fingerprint density at radius 2 is 1.48 bits per heavy atom. The van der Waals surface area contributed by atoms with Gasteiger partial charge in [-0.2, -0.15) is 0 Å². The van der Waals surface area contributed by atoms with Crippen LogP contribution in [0.15, 0.2) is 53.4 Å². The minimum absolute atomic E-state index is 0.0642. The SMILES string of the molecule is Cc1ccc(S(=O)(=O)Nc2ccccc2C#CS(F)(F)(F)(F)F)cc1. The lowest BCUT2D eigenvalue weighted by molar-refractivity contribution is 0.389. The summed E-state index contributed by atoms with van der Waals surface area (Å²) in [6.45, 7) is 1.74. The molecule has 0 aromatic heterocycles. The van der Waals surface area contributed by atoms with Crippen molar-refractivity contribution in [2.24, 2.45) is 0 Å². The average Bonchev–Trinajstić information content (AvgIpc) is 2.44. The maximum absolute atomic E-state index is 12.4. The second kappa shape index (κ2) is 5.37. The minimum atomic E-state index is -9.93. The first-order valence-corrected chi connectivity index (χ1v) is 10.1. The van der Waals surface area contributed by atoms with Crippen LogP contribution in [0.2, 0.25) is 0 Å². The van der Waals surface area contributed by atoms with Gasteiger partial charge >= 0.3 is 10.2 Å². The van der Waals surface area contributed by atoms with Crippen LogP contribution >= 0.6 is 10.2 Å². The van der Waals surface area contributed by atoms with Crippen molar-refractivity contribution in [3.05, 3.63) is 59.7 Å². The highest BCUT2D eigenvalue weighted by molar-refractivity contribution is 8.49. The Hall–Kier alpha value is -2.25. The summed E-state index contributed by atoms with van der Waals surface area (Å²) in [4.78, 5) is -0.131. The minimum Gasteiger partial charge on any atom is -0.278 e. The molecule has 0 radical (unpaired) electrons. The molecule has 0 bridgehead atoms. The van der Waals surface area contributed by atoms with E-state index in [-0.39, 0.29) is 15.8 Å². The fourth-order valence-corrected chi connectivity index (χ4v) is 3.14. The lowest BCUT2D eigenvalue weighted by atomic mass is 10.2. The summed E-state index contributed by atoms with van der Waals surface area (Å²) in [5.41, 5.74) is -0.0510. The molecule has 1 N–H and O–H groups in total. The van der Waals surface area contributed by atoms with Crippen molar-refractivity contribution in [1.82, 2.24) is 0 Å². The molecular formula is C15H12F5NO2S2. The zero-order valence-electron chi connectivity index (χ0n) is 12.6. The molecule has 0 unspecified atom stereocenters. The van der Waals surface area contributed by atoms with Gasteiger partial charge in [0.15, 0.2) is 0 Å². The lowest BCUT2D eigenvalue weighted by Gasteiger charge is -2.33. The predicted molar refractivity (Wildman–Crippen MR) is 88.4 cm³/mol. The van der Waals surface area contributed by atoms with Gasteiger partial charge in [0.25, 0.3) is 10.0 Å². The first kappa shape index (κ1) is 19.1. The normalized spacial score (nSPS) is 14.6. The van der Waals surface area contributed by atoms with Crippen LogP contribution in [0.4, 0.5) is 25.1 Å². The summed E-state index contributed by atoms with van der Waals surface area (Å²) in [7, 11) is -14.0. The van der Waals surface area contributed by atoms with Crippen LogP contribution in [0.1, 0.15) is 11.1 Å². The smallest absolute Gasteiger partial charge is 0.278 e. The van der Waals surface area contributed by atoms with Gasteiger partial charge in [0.05, 0.1) is 15.8 Å². The van der Waals surface area contributed by atoms with Crippen molar-refractivity contribution < 1.29 is 27.8 Å². The number of hydrogen-bond donors (Lipinski definition) is 1. The third-order valence-corrected chi connectivity index (χ3v) is 4.75. The van der Waals surface area contributed by atoms with Gasteiger partial charge in [-0.05, 0) is 37.1 Å². The number of anilines is 1. The lowest BCUT2D eigenvalue weighted by Crippen LogP contribution is -2.13. The van der Waals surface area contributed by atoms with Gasteiger partial charge in [-0.15, -0.1) is 0 Å². The van der Waals surface area contributed by atoms with Gasteiger partial charge in [-0.25, -0.2) is 8.42 Å². The van der Waals surface area contributed by atoms with Gasteiger partial charge in [0.2, 0.25) is 0 Å². The molecule has 0 fully saturated rings. The zero-order chi connectivity index (χ0) is 19.0. The van der Waals surface area contributed by atoms with E-state index in [1.807, 2.05) is 0 Å².